The Morgan fingerprint density at radius 3 is 2.83 bits per heavy atom. The van der Waals surface area contributed by atoms with Crippen molar-refractivity contribution in [1.29, 1.82) is 5.26 Å². The SMILES string of the molecule is [C-]#[N+]Cc1cccc(CC#N)c1. The number of nitrogens with zero attached hydrogens (tertiary/aromatic N) is 2. The summed E-state index contributed by atoms with van der Waals surface area (Å²) in [4.78, 5) is 3.27. The van der Waals surface area contributed by atoms with Gasteiger partial charge in [0.15, 0.2) is 0 Å². The molecule has 0 saturated carbocycles. The molecule has 0 spiro atoms. The maximum Gasteiger partial charge on any atom is 0.239 e. The topological polar surface area (TPSA) is 28.1 Å². The van der Waals surface area contributed by atoms with Crippen molar-refractivity contribution in [2.24, 2.45) is 0 Å². The minimum absolute atomic E-state index is 0.402. The highest BCUT2D eigenvalue weighted by Gasteiger charge is 1.96. The van der Waals surface area contributed by atoms with Crippen LogP contribution < -0.4 is 0 Å². The van der Waals surface area contributed by atoms with Crippen LogP contribution in [0.4, 0.5) is 0 Å². The highest BCUT2D eigenvalue weighted by atomic mass is 14.6. The molecule has 0 saturated heterocycles. The molecule has 0 aliphatic carbocycles. The summed E-state index contributed by atoms with van der Waals surface area (Å²) in [6, 6.07) is 9.66. The lowest BCUT2D eigenvalue weighted by atomic mass is 10.1. The monoisotopic (exact) mass is 156 g/mol. The molecule has 2 nitrogen and oxygen atoms in total. The van der Waals surface area contributed by atoms with Crippen molar-refractivity contribution in [3.8, 4) is 6.07 Å². The summed E-state index contributed by atoms with van der Waals surface area (Å²) in [6.07, 6.45) is 0.422. The van der Waals surface area contributed by atoms with Gasteiger partial charge in [-0.1, -0.05) is 18.2 Å². The molecule has 0 radical (unpaired) electrons. The Hall–Kier alpha value is -1.80. The van der Waals surface area contributed by atoms with E-state index in [1.165, 1.54) is 0 Å². The van der Waals surface area contributed by atoms with E-state index in [1.807, 2.05) is 24.3 Å². The standard InChI is InChI=1S/C10H8N2/c1-12-8-10-4-2-3-9(7-10)5-6-11/h2-4,7H,5,8H2. The molecule has 0 fully saturated rings. The van der Waals surface area contributed by atoms with Crippen LogP contribution in [0.2, 0.25) is 0 Å². The fourth-order valence-corrected chi connectivity index (χ4v) is 1.02. The Morgan fingerprint density at radius 2 is 2.17 bits per heavy atom. The van der Waals surface area contributed by atoms with E-state index < -0.39 is 0 Å². The Kier molecular flexibility index (Phi) is 2.87. The first kappa shape index (κ1) is 8.30. The third-order valence-corrected chi connectivity index (χ3v) is 1.54. The zero-order chi connectivity index (χ0) is 8.81. The van der Waals surface area contributed by atoms with E-state index in [0.717, 1.165) is 11.1 Å². The lowest BCUT2D eigenvalue weighted by molar-refractivity contribution is 1.20. The molecule has 0 N–H and O–H groups in total. The molecule has 1 aromatic rings. The zero-order valence-corrected chi connectivity index (χ0v) is 6.62. The van der Waals surface area contributed by atoms with Crippen molar-refractivity contribution in [1.82, 2.24) is 0 Å². The van der Waals surface area contributed by atoms with Gasteiger partial charge in [-0.15, -0.1) is 0 Å². The Labute approximate surface area is 71.9 Å². The van der Waals surface area contributed by atoms with Gasteiger partial charge in [0.1, 0.15) is 0 Å². The number of hydrogen-bond donors (Lipinski definition) is 0. The quantitative estimate of drug-likeness (QED) is 0.603. The molecule has 12 heavy (non-hydrogen) atoms. The fourth-order valence-electron chi connectivity index (χ4n) is 1.02. The average molecular weight is 156 g/mol. The van der Waals surface area contributed by atoms with Gasteiger partial charge in [0.05, 0.1) is 12.5 Å². The normalized spacial score (nSPS) is 8.50. The average Bonchev–Trinajstić information content (AvgIpc) is 2.06. The molecule has 0 bridgehead atoms. The molecule has 0 atom stereocenters. The molecule has 0 aliphatic rings. The van der Waals surface area contributed by atoms with E-state index in [4.69, 9.17) is 11.8 Å². The van der Waals surface area contributed by atoms with Gasteiger partial charge in [0.2, 0.25) is 6.54 Å². The van der Waals surface area contributed by atoms with E-state index in [1.54, 1.807) is 0 Å². The maximum absolute atomic E-state index is 8.43. The highest BCUT2D eigenvalue weighted by Crippen LogP contribution is 2.06. The van der Waals surface area contributed by atoms with Crippen molar-refractivity contribution < 1.29 is 0 Å². The number of rotatable bonds is 2. The number of benzene rings is 1. The second-order valence-electron chi connectivity index (χ2n) is 2.47. The van der Waals surface area contributed by atoms with Crippen LogP contribution in [-0.2, 0) is 13.0 Å². The zero-order valence-electron chi connectivity index (χ0n) is 6.62. The van der Waals surface area contributed by atoms with Crippen LogP contribution in [0, 0.1) is 17.9 Å². The van der Waals surface area contributed by atoms with Crippen molar-refractivity contribution >= 4 is 0 Å². The summed E-state index contributed by atoms with van der Waals surface area (Å²) in [5, 5.41) is 8.43. The lowest BCUT2D eigenvalue weighted by Crippen LogP contribution is -1.84. The minimum atomic E-state index is 0.402. The lowest BCUT2D eigenvalue weighted by Gasteiger charge is -1.95. The van der Waals surface area contributed by atoms with Gasteiger partial charge in [-0.2, -0.15) is 5.26 Å². The molecule has 0 heterocycles. The second kappa shape index (κ2) is 4.16. The van der Waals surface area contributed by atoms with Crippen LogP contribution in [0.15, 0.2) is 24.3 Å². The van der Waals surface area contributed by atoms with Crippen LogP contribution in [-0.4, -0.2) is 0 Å². The van der Waals surface area contributed by atoms with Gasteiger partial charge < -0.3 is 4.85 Å². The molecule has 0 aliphatic heterocycles. The summed E-state index contributed by atoms with van der Waals surface area (Å²) < 4.78 is 0. The van der Waals surface area contributed by atoms with E-state index in [9.17, 15) is 0 Å². The molecular formula is C10H8N2. The summed E-state index contributed by atoms with van der Waals surface area (Å²) >= 11 is 0. The van der Waals surface area contributed by atoms with Crippen molar-refractivity contribution in [3.63, 3.8) is 0 Å². The predicted octanol–water partition coefficient (Wildman–Crippen LogP) is 2.17. The Bertz CT molecular complexity index is 310. The highest BCUT2D eigenvalue weighted by molar-refractivity contribution is 5.26. The Balaban J connectivity index is 2.84. The van der Waals surface area contributed by atoms with Crippen LogP contribution in [0.3, 0.4) is 0 Å². The first-order chi connectivity index (χ1) is 5.86. The first-order valence-corrected chi connectivity index (χ1v) is 3.65. The molecule has 0 aromatic heterocycles. The van der Waals surface area contributed by atoms with Gasteiger partial charge in [0, 0.05) is 5.56 Å². The smallest absolute Gasteiger partial charge is 0.239 e. The van der Waals surface area contributed by atoms with Gasteiger partial charge in [-0.3, -0.25) is 0 Å². The van der Waals surface area contributed by atoms with Gasteiger partial charge in [-0.05, 0) is 11.6 Å². The van der Waals surface area contributed by atoms with E-state index in [-0.39, 0.29) is 0 Å². The molecule has 58 valence electrons. The van der Waals surface area contributed by atoms with Crippen molar-refractivity contribution in [2.45, 2.75) is 13.0 Å². The van der Waals surface area contributed by atoms with E-state index in [0.29, 0.717) is 13.0 Å². The number of nitriles is 1. The fraction of sp³-hybridized carbons (Fsp3) is 0.200. The largest absolute Gasteiger partial charge is 0.312 e. The van der Waals surface area contributed by atoms with Gasteiger partial charge >= 0.3 is 0 Å². The van der Waals surface area contributed by atoms with Crippen LogP contribution >= 0.6 is 0 Å². The molecular weight excluding hydrogens is 148 g/mol. The molecule has 0 unspecified atom stereocenters. The maximum atomic E-state index is 8.43. The summed E-state index contributed by atoms with van der Waals surface area (Å²) in [5.41, 5.74) is 1.97. The summed E-state index contributed by atoms with van der Waals surface area (Å²) in [5.74, 6) is 0. The molecule has 2 heteroatoms. The Morgan fingerprint density at radius 1 is 1.42 bits per heavy atom. The molecule has 1 aromatic carbocycles. The van der Waals surface area contributed by atoms with Crippen molar-refractivity contribution in [2.75, 3.05) is 0 Å². The van der Waals surface area contributed by atoms with Crippen LogP contribution in [0.25, 0.3) is 4.85 Å². The van der Waals surface area contributed by atoms with E-state index in [2.05, 4.69) is 10.9 Å². The number of hydrogen-bond acceptors (Lipinski definition) is 1. The summed E-state index contributed by atoms with van der Waals surface area (Å²) in [6.45, 7) is 7.07. The predicted molar refractivity (Wildman–Crippen MR) is 46.1 cm³/mol. The third kappa shape index (κ3) is 2.11. The van der Waals surface area contributed by atoms with Crippen LogP contribution in [0.5, 0.6) is 0 Å². The first-order valence-electron chi connectivity index (χ1n) is 3.65. The second-order valence-corrected chi connectivity index (χ2v) is 2.47. The minimum Gasteiger partial charge on any atom is -0.312 e. The molecule has 1 rings (SSSR count). The van der Waals surface area contributed by atoms with Gasteiger partial charge in [-0.25, -0.2) is 6.57 Å². The molecule has 0 amide bonds. The van der Waals surface area contributed by atoms with Gasteiger partial charge in [0.25, 0.3) is 0 Å². The van der Waals surface area contributed by atoms with Crippen LogP contribution in [0.1, 0.15) is 11.1 Å². The van der Waals surface area contributed by atoms with E-state index >= 15 is 0 Å². The van der Waals surface area contributed by atoms with Crippen molar-refractivity contribution in [3.05, 3.63) is 46.8 Å². The third-order valence-electron chi connectivity index (χ3n) is 1.54. The summed E-state index contributed by atoms with van der Waals surface area (Å²) in [7, 11) is 0.